The molecule has 6 heteroatoms. The third kappa shape index (κ3) is 4.56. The highest BCUT2D eigenvalue weighted by molar-refractivity contribution is 5.79. The normalized spacial score (nSPS) is 11.5. The molecular weight excluding hydrogens is 326 g/mol. The van der Waals surface area contributed by atoms with Gasteiger partial charge in [0.1, 0.15) is 5.75 Å². The smallest absolute Gasteiger partial charge is 0.191 e. The van der Waals surface area contributed by atoms with Crippen LogP contribution in [0, 0.1) is 6.92 Å². The Kier molecular flexibility index (Phi) is 7.06. The highest BCUT2D eigenvalue weighted by atomic mass is 16.5. The third-order valence-corrected chi connectivity index (χ3v) is 4.57. The first-order chi connectivity index (χ1) is 12.5. The Labute approximate surface area is 156 Å². The van der Waals surface area contributed by atoms with Gasteiger partial charge in [0.05, 0.1) is 12.8 Å². The van der Waals surface area contributed by atoms with Gasteiger partial charge in [-0.15, -0.1) is 0 Å². The monoisotopic (exact) mass is 357 g/mol. The van der Waals surface area contributed by atoms with Crippen LogP contribution < -0.4 is 15.4 Å². The highest BCUT2D eigenvalue weighted by Crippen LogP contribution is 2.19. The predicted molar refractivity (Wildman–Crippen MR) is 107 cm³/mol. The molecule has 2 aromatic rings. The summed E-state index contributed by atoms with van der Waals surface area (Å²) in [6.07, 6.45) is 1.89. The Morgan fingerprint density at radius 3 is 2.54 bits per heavy atom. The summed E-state index contributed by atoms with van der Waals surface area (Å²) < 4.78 is 7.46. The molecule has 0 aliphatic rings. The molecule has 0 unspecified atom stereocenters. The fourth-order valence-corrected chi connectivity index (χ4v) is 3.16. The first-order valence-corrected chi connectivity index (χ1v) is 9.15. The molecule has 2 rings (SSSR count). The summed E-state index contributed by atoms with van der Waals surface area (Å²) in [5.41, 5.74) is 5.97. The molecule has 0 fully saturated rings. The third-order valence-electron chi connectivity index (χ3n) is 4.57. The minimum atomic E-state index is 0.650. The largest absolute Gasteiger partial charge is 0.496 e. The van der Waals surface area contributed by atoms with Crippen molar-refractivity contribution >= 4 is 5.96 Å². The Morgan fingerprint density at radius 1 is 1.19 bits per heavy atom. The van der Waals surface area contributed by atoms with E-state index in [9.17, 15) is 0 Å². The van der Waals surface area contributed by atoms with Crippen molar-refractivity contribution in [3.63, 3.8) is 0 Å². The van der Waals surface area contributed by atoms with Crippen LogP contribution in [0.25, 0.3) is 0 Å². The molecule has 1 heterocycles. The Bertz CT molecular complexity index is 764. The quantitative estimate of drug-likeness (QED) is 0.591. The summed E-state index contributed by atoms with van der Waals surface area (Å²) in [6, 6.07) is 6.22. The number of nitrogens with zero attached hydrogens (tertiary/aromatic N) is 3. The average Bonchev–Trinajstić information content (AvgIpc) is 2.97. The topological polar surface area (TPSA) is 63.5 Å². The fraction of sp³-hybridized carbons (Fsp3) is 0.500. The second-order valence-electron chi connectivity index (χ2n) is 6.30. The molecule has 2 N–H and O–H groups in total. The molecule has 1 aromatic heterocycles. The van der Waals surface area contributed by atoms with Crippen LogP contribution in [0.1, 0.15) is 41.9 Å². The molecule has 0 spiro atoms. The lowest BCUT2D eigenvalue weighted by atomic mass is 10.1. The molecule has 0 atom stereocenters. The SMILES string of the molecule is CCc1nn(C)c(CC)c1CNC(=NC)NCc1ccc(C)cc1OC. The van der Waals surface area contributed by atoms with Gasteiger partial charge in [0.25, 0.3) is 0 Å². The van der Waals surface area contributed by atoms with Gasteiger partial charge in [-0.3, -0.25) is 9.67 Å². The van der Waals surface area contributed by atoms with Crippen molar-refractivity contribution in [2.24, 2.45) is 12.0 Å². The van der Waals surface area contributed by atoms with Crippen molar-refractivity contribution in [2.45, 2.75) is 46.7 Å². The van der Waals surface area contributed by atoms with Crippen molar-refractivity contribution < 1.29 is 4.74 Å². The number of hydrogen-bond acceptors (Lipinski definition) is 3. The number of hydrogen-bond donors (Lipinski definition) is 2. The van der Waals surface area contributed by atoms with Crippen molar-refractivity contribution in [3.8, 4) is 5.75 Å². The second kappa shape index (κ2) is 9.27. The molecule has 26 heavy (non-hydrogen) atoms. The molecule has 142 valence electrons. The van der Waals surface area contributed by atoms with Crippen molar-refractivity contribution in [2.75, 3.05) is 14.2 Å². The number of aromatic nitrogens is 2. The number of aliphatic imine (C=N–C) groups is 1. The molecule has 0 saturated carbocycles. The lowest BCUT2D eigenvalue weighted by Crippen LogP contribution is -2.36. The standard InChI is InChI=1S/C20H31N5O/c1-7-17-16(18(8-2)25(5)24-17)13-23-20(21-4)22-12-15-10-9-14(3)11-19(15)26-6/h9-11H,7-8,12-13H2,1-6H3,(H2,21,22,23). The van der Waals surface area contributed by atoms with E-state index in [1.165, 1.54) is 16.8 Å². The molecule has 1 aromatic carbocycles. The van der Waals surface area contributed by atoms with Gasteiger partial charge in [-0.1, -0.05) is 26.0 Å². The molecule has 0 saturated heterocycles. The first kappa shape index (κ1) is 19.8. The van der Waals surface area contributed by atoms with Crippen molar-refractivity contribution in [3.05, 3.63) is 46.3 Å². The maximum Gasteiger partial charge on any atom is 0.191 e. The molecular formula is C20H31N5O. The van der Waals surface area contributed by atoms with E-state index in [2.05, 4.69) is 53.6 Å². The number of rotatable bonds is 7. The van der Waals surface area contributed by atoms with Crippen LogP contribution >= 0.6 is 0 Å². The van der Waals surface area contributed by atoms with Gasteiger partial charge in [0.2, 0.25) is 0 Å². The summed E-state index contributed by atoms with van der Waals surface area (Å²) in [6.45, 7) is 7.73. The van der Waals surface area contributed by atoms with Gasteiger partial charge in [-0.2, -0.15) is 5.10 Å². The van der Waals surface area contributed by atoms with Crippen LogP contribution in [-0.4, -0.2) is 29.9 Å². The minimum absolute atomic E-state index is 0.650. The van der Waals surface area contributed by atoms with Gasteiger partial charge >= 0.3 is 0 Å². The number of nitrogens with one attached hydrogen (secondary N) is 2. The van der Waals surface area contributed by atoms with E-state index in [0.29, 0.717) is 13.1 Å². The van der Waals surface area contributed by atoms with E-state index in [4.69, 9.17) is 4.74 Å². The number of ether oxygens (including phenoxy) is 1. The number of guanidine groups is 1. The highest BCUT2D eigenvalue weighted by Gasteiger charge is 2.14. The van der Waals surface area contributed by atoms with Crippen molar-refractivity contribution in [1.29, 1.82) is 0 Å². The van der Waals surface area contributed by atoms with Gasteiger partial charge in [-0.05, 0) is 31.4 Å². The van der Waals surface area contributed by atoms with Gasteiger partial charge in [-0.25, -0.2) is 0 Å². The van der Waals surface area contributed by atoms with Crippen LogP contribution in [0.2, 0.25) is 0 Å². The summed E-state index contributed by atoms with van der Waals surface area (Å²) in [7, 11) is 5.50. The zero-order valence-corrected chi connectivity index (χ0v) is 16.8. The molecule has 0 amide bonds. The van der Waals surface area contributed by atoms with Gasteiger partial charge in [0, 0.05) is 44.0 Å². The summed E-state index contributed by atoms with van der Waals surface area (Å²) >= 11 is 0. The molecule has 0 radical (unpaired) electrons. The lowest BCUT2D eigenvalue weighted by molar-refractivity contribution is 0.408. The van der Waals surface area contributed by atoms with Crippen LogP contribution in [-0.2, 0) is 33.0 Å². The van der Waals surface area contributed by atoms with Crippen LogP contribution in [0.5, 0.6) is 5.75 Å². The predicted octanol–water partition coefficient (Wildman–Crippen LogP) is 2.73. The Balaban J connectivity index is 2.03. The van der Waals surface area contributed by atoms with E-state index in [1.807, 2.05) is 17.8 Å². The maximum atomic E-state index is 5.47. The first-order valence-electron chi connectivity index (χ1n) is 9.15. The number of methoxy groups -OCH3 is 1. The van der Waals surface area contributed by atoms with Crippen LogP contribution in [0.3, 0.4) is 0 Å². The fourth-order valence-electron chi connectivity index (χ4n) is 3.16. The summed E-state index contributed by atoms with van der Waals surface area (Å²) in [4.78, 5) is 4.34. The Hall–Kier alpha value is -2.50. The van der Waals surface area contributed by atoms with Crippen LogP contribution in [0.4, 0.5) is 0 Å². The van der Waals surface area contributed by atoms with Gasteiger partial charge < -0.3 is 15.4 Å². The van der Waals surface area contributed by atoms with E-state index < -0.39 is 0 Å². The molecule has 0 bridgehead atoms. The molecule has 0 aliphatic heterocycles. The number of aryl methyl sites for hydroxylation is 3. The molecule has 6 nitrogen and oxygen atoms in total. The van der Waals surface area contributed by atoms with E-state index in [1.54, 1.807) is 14.2 Å². The summed E-state index contributed by atoms with van der Waals surface area (Å²) in [5.74, 6) is 1.65. The minimum Gasteiger partial charge on any atom is -0.496 e. The van der Waals surface area contributed by atoms with Crippen molar-refractivity contribution in [1.82, 2.24) is 20.4 Å². The maximum absolute atomic E-state index is 5.47. The molecule has 0 aliphatic carbocycles. The number of benzene rings is 1. The van der Waals surface area contributed by atoms with E-state index in [0.717, 1.165) is 35.8 Å². The lowest BCUT2D eigenvalue weighted by Gasteiger charge is -2.15. The zero-order valence-electron chi connectivity index (χ0n) is 16.8. The zero-order chi connectivity index (χ0) is 19.1. The van der Waals surface area contributed by atoms with E-state index in [-0.39, 0.29) is 0 Å². The van der Waals surface area contributed by atoms with Crippen LogP contribution in [0.15, 0.2) is 23.2 Å². The van der Waals surface area contributed by atoms with Gasteiger partial charge in [0.15, 0.2) is 5.96 Å². The Morgan fingerprint density at radius 2 is 1.92 bits per heavy atom. The van der Waals surface area contributed by atoms with E-state index >= 15 is 0 Å². The summed E-state index contributed by atoms with van der Waals surface area (Å²) in [5, 5.41) is 11.4. The second-order valence-corrected chi connectivity index (χ2v) is 6.30. The average molecular weight is 358 g/mol.